The first-order valence-corrected chi connectivity index (χ1v) is 16.8. The zero-order chi connectivity index (χ0) is 35.7. The summed E-state index contributed by atoms with van der Waals surface area (Å²) in [6.45, 7) is 1.93. The van der Waals surface area contributed by atoms with Crippen LogP contribution in [0.25, 0.3) is 36.7 Å². The molecule has 49 heavy (non-hydrogen) atoms. The van der Waals surface area contributed by atoms with E-state index in [4.69, 9.17) is 15.9 Å². The molecule has 3 aromatic heterocycles. The van der Waals surface area contributed by atoms with Crippen molar-refractivity contribution in [1.82, 2.24) is 14.4 Å². The summed E-state index contributed by atoms with van der Waals surface area (Å²) >= 11 is 5.87. The number of fused-ring (bicyclic) bond motifs is 4. The second kappa shape index (κ2) is 16.6. The van der Waals surface area contributed by atoms with E-state index in [2.05, 4.69) is 25.9 Å². The van der Waals surface area contributed by atoms with Gasteiger partial charge in [-0.1, -0.05) is 38.6 Å². The highest BCUT2D eigenvalue weighted by Crippen LogP contribution is 2.32. The predicted molar refractivity (Wildman–Crippen MR) is 194 cm³/mol. The van der Waals surface area contributed by atoms with Crippen molar-refractivity contribution < 1.29 is 30.0 Å². The van der Waals surface area contributed by atoms with Gasteiger partial charge in [0.1, 0.15) is 11.5 Å². The van der Waals surface area contributed by atoms with Crippen LogP contribution in [0.5, 0.6) is 11.5 Å². The Hall–Kier alpha value is -5.49. The molecule has 4 aromatic carbocycles. The zero-order valence-corrected chi connectivity index (χ0v) is 28.7. The number of hydrogen-bond acceptors (Lipinski definition) is 13. The van der Waals surface area contributed by atoms with Gasteiger partial charge in [-0.25, -0.2) is 9.97 Å². The molecular weight excluding hydrogens is 740 g/mol. The highest BCUT2D eigenvalue weighted by Gasteiger charge is 2.12. The summed E-state index contributed by atoms with van der Waals surface area (Å²) in [5.74, 6) is 0.392. The molecule has 0 atom stereocenters. The standard InChI is InChI=1S/C15H9N3O3S.C8H6BrNO3.C7H6N2OS.C2H6O/c19-11-5-6-13-14(7-11)22-15-16-12(8-17(13)15)9-1-3-10(4-2-9)18(20)21;9-5-8(11)6-1-3-7(4-2-6)10(12)13;8-7-9-5-2-1-4(10)3-6(5)11-7;1-2-3/h1-8,19H;1-4H,5H2;1-3,10H,(H2,8,9);3H,2H2,1H3. The highest BCUT2D eigenvalue weighted by atomic mass is 79.9. The number of thiazole rings is 2. The van der Waals surface area contributed by atoms with E-state index >= 15 is 0 Å². The molecule has 0 saturated heterocycles. The molecule has 0 saturated carbocycles. The molecule has 0 amide bonds. The van der Waals surface area contributed by atoms with Crippen LogP contribution in [0.1, 0.15) is 17.3 Å². The van der Waals surface area contributed by atoms with Gasteiger partial charge in [-0.2, -0.15) is 0 Å². The Morgan fingerprint density at radius 1 is 0.857 bits per heavy atom. The molecule has 0 aliphatic carbocycles. The molecule has 0 radical (unpaired) electrons. The number of ketones is 1. The van der Waals surface area contributed by atoms with Crippen LogP contribution in [-0.2, 0) is 0 Å². The van der Waals surface area contributed by atoms with Crippen molar-refractivity contribution in [2.75, 3.05) is 17.7 Å². The average molecular weight is 768 g/mol. The van der Waals surface area contributed by atoms with Crippen molar-refractivity contribution >= 4 is 86.3 Å². The summed E-state index contributed by atoms with van der Waals surface area (Å²) in [5, 5.41) is 47.9. The number of imidazole rings is 1. The number of alkyl halides is 1. The molecule has 0 aliphatic rings. The lowest BCUT2D eigenvalue weighted by atomic mass is 10.1. The highest BCUT2D eigenvalue weighted by molar-refractivity contribution is 9.09. The Bertz CT molecular complexity index is 2230. The number of carbonyl (C=O) groups excluding carboxylic acids is 1. The minimum absolute atomic E-state index is 0.00822. The van der Waals surface area contributed by atoms with Crippen molar-refractivity contribution in [3.05, 3.63) is 117 Å². The van der Waals surface area contributed by atoms with Gasteiger partial charge in [0.2, 0.25) is 0 Å². The van der Waals surface area contributed by atoms with E-state index in [1.165, 1.54) is 59.1 Å². The molecule has 14 nitrogen and oxygen atoms in total. The van der Waals surface area contributed by atoms with Gasteiger partial charge in [0.15, 0.2) is 15.9 Å². The number of phenolic OH excluding ortho intramolecular Hbond substituents is 2. The van der Waals surface area contributed by atoms with Crippen LogP contribution in [0, 0.1) is 20.2 Å². The number of nitrogen functional groups attached to an aromatic ring is 1. The summed E-state index contributed by atoms with van der Waals surface area (Å²) in [4.78, 5) is 40.5. The molecule has 0 spiro atoms. The van der Waals surface area contributed by atoms with E-state index in [-0.39, 0.29) is 40.6 Å². The van der Waals surface area contributed by atoms with Crippen LogP contribution in [0.4, 0.5) is 16.5 Å². The van der Waals surface area contributed by atoms with Crippen molar-refractivity contribution in [2.45, 2.75) is 6.92 Å². The van der Waals surface area contributed by atoms with Gasteiger partial charge in [0, 0.05) is 48.2 Å². The SMILES string of the molecule is CCO.Nc1nc2ccc(O)cc2s1.O=C(CBr)c1ccc([N+](=O)[O-])cc1.O=[N+]([O-])c1ccc(-c2cn3c(n2)sc2cc(O)ccc23)cc1. The number of carbonyl (C=O) groups is 1. The number of hydrogen-bond donors (Lipinski definition) is 4. The Morgan fingerprint density at radius 2 is 1.41 bits per heavy atom. The molecule has 3 heterocycles. The number of nitrogens with zero attached hydrogens (tertiary/aromatic N) is 5. The molecule has 17 heteroatoms. The van der Waals surface area contributed by atoms with E-state index in [0.29, 0.717) is 10.7 Å². The van der Waals surface area contributed by atoms with Crippen LogP contribution in [0.3, 0.4) is 0 Å². The van der Waals surface area contributed by atoms with Crippen molar-refractivity contribution in [3.63, 3.8) is 0 Å². The van der Waals surface area contributed by atoms with E-state index in [1.807, 2.05) is 16.7 Å². The van der Waals surface area contributed by atoms with E-state index in [1.54, 1.807) is 49.4 Å². The molecule has 5 N–H and O–H groups in total. The van der Waals surface area contributed by atoms with Gasteiger partial charge in [-0.05, 0) is 67.6 Å². The number of nitro groups is 2. The first-order valence-electron chi connectivity index (χ1n) is 14.1. The average Bonchev–Trinajstić information content (AvgIpc) is 3.76. The number of nitrogens with two attached hydrogens (primary N) is 1. The second-order valence-electron chi connectivity index (χ2n) is 9.72. The third-order valence-corrected chi connectivity index (χ3v) is 8.74. The first kappa shape index (κ1) is 36.3. The van der Waals surface area contributed by atoms with Gasteiger partial charge in [0.25, 0.3) is 11.4 Å². The van der Waals surface area contributed by atoms with Crippen molar-refractivity contribution in [2.24, 2.45) is 0 Å². The van der Waals surface area contributed by atoms with Crippen molar-refractivity contribution in [1.29, 1.82) is 0 Å². The maximum Gasteiger partial charge on any atom is 0.269 e. The number of aliphatic hydroxyl groups is 1. The second-order valence-corrected chi connectivity index (χ2v) is 12.4. The number of nitro benzene ring substituents is 2. The minimum atomic E-state index is -0.498. The number of non-ortho nitro benzene ring substituents is 2. The van der Waals surface area contributed by atoms with Crippen LogP contribution in [0.15, 0.2) is 91.1 Å². The summed E-state index contributed by atoms with van der Waals surface area (Å²) in [6.07, 6.45) is 1.90. The maximum absolute atomic E-state index is 11.1. The van der Waals surface area contributed by atoms with Gasteiger partial charge in [-0.15, -0.1) is 0 Å². The van der Waals surface area contributed by atoms with Gasteiger partial charge in [-0.3, -0.25) is 29.4 Å². The van der Waals surface area contributed by atoms with E-state index < -0.39 is 9.85 Å². The molecule has 0 aliphatic heterocycles. The monoisotopic (exact) mass is 766 g/mol. The molecule has 0 fully saturated rings. The topological polar surface area (TPSA) is 220 Å². The third-order valence-electron chi connectivity index (χ3n) is 6.36. The van der Waals surface area contributed by atoms with E-state index in [0.717, 1.165) is 36.7 Å². The number of Topliss-reactive ketones (excluding diaryl/α,β-unsaturated/α-hetero) is 1. The number of aromatic nitrogens is 3. The molecular formula is C32H27BrN6O8S2. The number of rotatable bonds is 5. The lowest BCUT2D eigenvalue weighted by molar-refractivity contribution is -0.385. The fourth-order valence-electron chi connectivity index (χ4n) is 4.16. The number of benzene rings is 4. The third kappa shape index (κ3) is 9.32. The maximum atomic E-state index is 11.1. The Kier molecular flexibility index (Phi) is 12.3. The molecule has 252 valence electrons. The Labute approximate surface area is 293 Å². The summed E-state index contributed by atoms with van der Waals surface area (Å²) in [6, 6.07) is 22.0. The zero-order valence-electron chi connectivity index (χ0n) is 25.5. The number of anilines is 1. The summed E-state index contributed by atoms with van der Waals surface area (Å²) in [7, 11) is 0. The van der Waals surface area contributed by atoms with Crippen LogP contribution in [0.2, 0.25) is 0 Å². The number of aliphatic hydroxyl groups excluding tert-OH is 1. The van der Waals surface area contributed by atoms with Crippen LogP contribution >= 0.6 is 38.6 Å². The van der Waals surface area contributed by atoms with E-state index in [9.17, 15) is 30.1 Å². The fraction of sp³-hybridized carbons (Fsp3) is 0.0938. The quantitative estimate of drug-likeness (QED) is 0.0578. The molecule has 7 aromatic rings. The van der Waals surface area contributed by atoms with Gasteiger partial charge in [0.05, 0.1) is 41.3 Å². The smallest absolute Gasteiger partial charge is 0.269 e. The van der Waals surface area contributed by atoms with Crippen LogP contribution < -0.4 is 5.73 Å². The number of aromatic hydroxyl groups is 2. The largest absolute Gasteiger partial charge is 0.508 e. The van der Waals surface area contributed by atoms with Crippen LogP contribution in [-0.4, -0.2) is 57.3 Å². The number of halogens is 1. The lowest BCUT2D eigenvalue weighted by Gasteiger charge is -1.96. The lowest BCUT2D eigenvalue weighted by Crippen LogP contribution is -1.99. The molecule has 7 rings (SSSR count). The summed E-state index contributed by atoms with van der Waals surface area (Å²) < 4.78 is 3.83. The molecule has 0 bridgehead atoms. The minimum Gasteiger partial charge on any atom is -0.508 e. The number of phenols is 2. The fourth-order valence-corrected chi connectivity index (χ4v) is 6.29. The molecule has 0 unspecified atom stereocenters. The predicted octanol–water partition coefficient (Wildman–Crippen LogP) is 7.58. The Morgan fingerprint density at radius 3 is 1.98 bits per heavy atom. The first-order chi connectivity index (χ1) is 23.4. The van der Waals surface area contributed by atoms with Gasteiger partial charge >= 0.3 is 0 Å². The summed E-state index contributed by atoms with van der Waals surface area (Å²) in [5.41, 5.74) is 9.39. The van der Waals surface area contributed by atoms with Gasteiger partial charge < -0.3 is 21.1 Å². The van der Waals surface area contributed by atoms with Crippen molar-refractivity contribution in [3.8, 4) is 22.8 Å². The normalized spacial score (nSPS) is 10.3. The Balaban J connectivity index is 0.000000171.